The Morgan fingerprint density at radius 2 is 0.726 bits per heavy atom. The molecule has 0 saturated heterocycles. The highest BCUT2D eigenvalue weighted by Gasteiger charge is 2.18. The van der Waals surface area contributed by atoms with Gasteiger partial charge in [-0.15, -0.1) is 0 Å². The van der Waals surface area contributed by atoms with Gasteiger partial charge < -0.3 is 4.57 Å². The second-order valence-corrected chi connectivity index (χ2v) is 15.8. The molecule has 0 fully saturated rings. The summed E-state index contributed by atoms with van der Waals surface area (Å²) >= 11 is 0. The Hall–Kier alpha value is -8.34. The molecule has 0 aliphatic heterocycles. The lowest BCUT2D eigenvalue weighted by Crippen LogP contribution is -2.00. The fourth-order valence-electron chi connectivity index (χ4n) is 9.26. The highest BCUT2D eigenvalue weighted by molar-refractivity contribution is 6.12. The van der Waals surface area contributed by atoms with Crippen LogP contribution in [0.25, 0.3) is 111 Å². The van der Waals surface area contributed by atoms with E-state index in [9.17, 15) is 0 Å². The molecule has 9 aromatic carbocycles. The third kappa shape index (κ3) is 6.00. The van der Waals surface area contributed by atoms with Gasteiger partial charge >= 0.3 is 0 Å². The first-order valence-electron chi connectivity index (χ1n) is 21.1. The molecule has 0 radical (unpaired) electrons. The maximum absolute atomic E-state index is 5.04. The molecular formula is C58H38N4. The molecule has 0 amide bonds. The second kappa shape index (κ2) is 14.7. The highest BCUT2D eigenvalue weighted by atomic mass is 15.1. The number of nitrogens with zero attached hydrogens (tertiary/aromatic N) is 4. The third-order valence-electron chi connectivity index (χ3n) is 12.3. The van der Waals surface area contributed by atoms with Gasteiger partial charge in [-0.05, 0) is 98.6 Å². The number of fused-ring (bicyclic) bond motifs is 6. The fraction of sp³-hybridized carbons (Fsp3) is 0. The zero-order valence-electron chi connectivity index (χ0n) is 33.7. The zero-order valence-corrected chi connectivity index (χ0v) is 33.7. The van der Waals surface area contributed by atoms with Crippen molar-refractivity contribution in [1.82, 2.24) is 19.1 Å². The first-order chi connectivity index (χ1) is 30.7. The molecule has 3 heterocycles. The molecule has 12 rings (SSSR count). The van der Waals surface area contributed by atoms with E-state index in [0.717, 1.165) is 49.7 Å². The second-order valence-electron chi connectivity index (χ2n) is 15.8. The van der Waals surface area contributed by atoms with Gasteiger partial charge in [-0.2, -0.15) is 0 Å². The minimum absolute atomic E-state index is 0.639. The first kappa shape index (κ1) is 35.6. The van der Waals surface area contributed by atoms with Crippen LogP contribution in [-0.4, -0.2) is 19.1 Å². The van der Waals surface area contributed by atoms with Crippen molar-refractivity contribution in [2.24, 2.45) is 0 Å². The molecule has 0 bridgehead atoms. The lowest BCUT2D eigenvalue weighted by Gasteiger charge is -2.14. The van der Waals surface area contributed by atoms with Crippen LogP contribution >= 0.6 is 0 Å². The van der Waals surface area contributed by atoms with Gasteiger partial charge in [0.05, 0.1) is 22.1 Å². The van der Waals surface area contributed by atoms with E-state index >= 15 is 0 Å². The Morgan fingerprint density at radius 3 is 1.45 bits per heavy atom. The minimum atomic E-state index is 0.639. The van der Waals surface area contributed by atoms with E-state index in [1.165, 1.54) is 55.2 Å². The van der Waals surface area contributed by atoms with Crippen molar-refractivity contribution in [1.29, 1.82) is 0 Å². The number of hydrogen-bond acceptors (Lipinski definition) is 2. The molecule has 0 saturated carbocycles. The Kier molecular flexibility index (Phi) is 8.46. The van der Waals surface area contributed by atoms with Crippen LogP contribution in [0.5, 0.6) is 0 Å². The molecule has 0 unspecified atom stereocenters. The summed E-state index contributed by atoms with van der Waals surface area (Å²) in [5.74, 6) is 0.639. The molecular weight excluding hydrogens is 753 g/mol. The highest BCUT2D eigenvalue weighted by Crippen LogP contribution is 2.39. The van der Waals surface area contributed by atoms with Crippen LogP contribution in [0, 0.1) is 0 Å². The van der Waals surface area contributed by atoms with E-state index in [1.807, 2.05) is 12.4 Å². The van der Waals surface area contributed by atoms with Gasteiger partial charge in [0.2, 0.25) is 5.95 Å². The van der Waals surface area contributed by atoms with Crippen molar-refractivity contribution < 1.29 is 0 Å². The molecule has 0 spiro atoms. The van der Waals surface area contributed by atoms with E-state index in [0.29, 0.717) is 5.95 Å². The van der Waals surface area contributed by atoms with Crippen LogP contribution in [0.1, 0.15) is 0 Å². The van der Waals surface area contributed by atoms with Crippen molar-refractivity contribution in [3.63, 3.8) is 0 Å². The van der Waals surface area contributed by atoms with Gasteiger partial charge in [-0.25, -0.2) is 9.97 Å². The van der Waals surface area contributed by atoms with E-state index in [-0.39, 0.29) is 0 Å². The summed E-state index contributed by atoms with van der Waals surface area (Å²) in [7, 11) is 0. The summed E-state index contributed by atoms with van der Waals surface area (Å²) in [5, 5.41) is 4.82. The van der Waals surface area contributed by atoms with Crippen LogP contribution in [0.2, 0.25) is 0 Å². The summed E-state index contributed by atoms with van der Waals surface area (Å²) < 4.78 is 4.56. The minimum Gasteiger partial charge on any atom is -0.309 e. The van der Waals surface area contributed by atoms with Gasteiger partial charge in [0.1, 0.15) is 0 Å². The number of benzene rings is 9. The van der Waals surface area contributed by atoms with Gasteiger partial charge in [-0.1, -0.05) is 170 Å². The Balaban J connectivity index is 0.919. The number of para-hydroxylation sites is 3. The molecule has 0 N–H and O–H groups in total. The molecule has 290 valence electrons. The van der Waals surface area contributed by atoms with Crippen molar-refractivity contribution in [2.45, 2.75) is 0 Å². The molecule has 4 nitrogen and oxygen atoms in total. The number of rotatable bonds is 7. The van der Waals surface area contributed by atoms with E-state index in [2.05, 4.69) is 228 Å². The molecule has 12 aromatic rings. The largest absolute Gasteiger partial charge is 0.309 e. The average molecular weight is 791 g/mol. The van der Waals surface area contributed by atoms with E-state index < -0.39 is 0 Å². The zero-order chi connectivity index (χ0) is 41.0. The quantitative estimate of drug-likeness (QED) is 0.161. The van der Waals surface area contributed by atoms with Gasteiger partial charge in [0, 0.05) is 45.2 Å². The summed E-state index contributed by atoms with van der Waals surface area (Å²) in [4.78, 5) is 10.1. The number of hydrogen-bond donors (Lipinski definition) is 0. The van der Waals surface area contributed by atoms with Gasteiger partial charge in [0.15, 0.2) is 0 Å². The fourth-order valence-corrected chi connectivity index (χ4v) is 9.26. The van der Waals surface area contributed by atoms with Crippen LogP contribution in [0.4, 0.5) is 0 Å². The monoisotopic (exact) mass is 790 g/mol. The maximum atomic E-state index is 5.04. The molecule has 3 aromatic heterocycles. The SMILES string of the molecule is c1ccc(-c2ccc(-c3ccc(-c4cnc(-n5c6ccccc6c6cc(-c7ccc8c9ccccc9n(-c9ccccc9)c8c7)ccc65)nc4)cc3-c3ccccc3)cc2)cc1. The number of aromatic nitrogens is 4. The average Bonchev–Trinajstić information content (AvgIpc) is 3.87. The van der Waals surface area contributed by atoms with Crippen LogP contribution in [0.15, 0.2) is 231 Å². The van der Waals surface area contributed by atoms with Gasteiger partial charge in [0.25, 0.3) is 0 Å². The van der Waals surface area contributed by atoms with Crippen LogP contribution in [0.3, 0.4) is 0 Å². The standard InChI is InChI=1S/C58H38N4/c1-4-14-39(15-5-1)40-24-26-42(27-25-40)48-31-28-44(34-52(48)41-16-6-2-7-17-41)46-37-59-58(60-38-46)62-55-23-13-11-21-50(55)53-35-43(30-33-56(53)62)45-29-32-51-49-20-10-12-22-54(49)61(57(51)36-45)47-18-8-3-9-19-47/h1-38H. The van der Waals surface area contributed by atoms with Crippen molar-refractivity contribution >= 4 is 43.6 Å². The predicted octanol–water partition coefficient (Wildman–Crippen LogP) is 15.0. The molecule has 62 heavy (non-hydrogen) atoms. The summed E-state index contributed by atoms with van der Waals surface area (Å²) in [6, 6.07) is 78.2. The molecule has 4 heteroatoms. The van der Waals surface area contributed by atoms with Gasteiger partial charge in [-0.3, -0.25) is 4.57 Å². The topological polar surface area (TPSA) is 35.6 Å². The van der Waals surface area contributed by atoms with Crippen LogP contribution in [-0.2, 0) is 0 Å². The maximum Gasteiger partial charge on any atom is 0.234 e. The lowest BCUT2D eigenvalue weighted by molar-refractivity contribution is 0.990. The molecule has 0 aliphatic carbocycles. The Bertz CT molecular complexity index is 3590. The molecule has 0 aliphatic rings. The van der Waals surface area contributed by atoms with Crippen molar-refractivity contribution in [3.8, 4) is 67.3 Å². The summed E-state index contributed by atoms with van der Waals surface area (Å²) in [6.07, 6.45) is 3.91. The summed E-state index contributed by atoms with van der Waals surface area (Å²) in [6.45, 7) is 0. The normalized spacial score (nSPS) is 11.5. The predicted molar refractivity (Wildman–Crippen MR) is 258 cm³/mol. The summed E-state index contributed by atoms with van der Waals surface area (Å²) in [5.41, 5.74) is 17.1. The Labute approximate surface area is 359 Å². The van der Waals surface area contributed by atoms with Crippen molar-refractivity contribution in [3.05, 3.63) is 231 Å². The molecule has 0 atom stereocenters. The van der Waals surface area contributed by atoms with Crippen LogP contribution < -0.4 is 0 Å². The lowest BCUT2D eigenvalue weighted by atomic mass is 9.91. The Morgan fingerprint density at radius 1 is 0.258 bits per heavy atom. The first-order valence-corrected chi connectivity index (χ1v) is 21.1. The van der Waals surface area contributed by atoms with E-state index in [4.69, 9.17) is 9.97 Å². The third-order valence-corrected chi connectivity index (χ3v) is 12.3. The van der Waals surface area contributed by atoms with Crippen molar-refractivity contribution in [2.75, 3.05) is 0 Å². The smallest absolute Gasteiger partial charge is 0.234 e. The van der Waals surface area contributed by atoms with E-state index in [1.54, 1.807) is 0 Å².